The molecule has 0 saturated heterocycles. The van der Waals surface area contributed by atoms with Crippen molar-refractivity contribution in [1.82, 2.24) is 23.7 Å². The maximum atomic E-state index is 6.77. The van der Waals surface area contributed by atoms with Gasteiger partial charge in [0.2, 0.25) is 0 Å². The second-order valence-corrected chi connectivity index (χ2v) is 17.3. The SMILES string of the molecule is Cn1c2ccccc2c2cc3c4ccccc4n(C)c3c(N3CN(c4cccc(Oc5ccc6c7ccncc7n(-c7cc(C(C)(C)C)ccn7)c6c5)c4)c4ccccc43)c21. The average molecular weight is 794 g/mol. The third kappa shape index (κ3) is 5.24. The lowest BCUT2D eigenvalue weighted by molar-refractivity contribution is 0.483. The first-order valence-electron chi connectivity index (χ1n) is 20.9. The molecule has 0 spiro atoms. The van der Waals surface area contributed by atoms with E-state index in [1.165, 1.54) is 54.9 Å². The van der Waals surface area contributed by atoms with Crippen molar-refractivity contribution < 1.29 is 4.74 Å². The fourth-order valence-corrected chi connectivity index (χ4v) is 9.86. The van der Waals surface area contributed by atoms with E-state index in [-0.39, 0.29) is 5.41 Å². The zero-order valence-electron chi connectivity index (χ0n) is 34.8. The molecule has 61 heavy (non-hydrogen) atoms. The molecule has 296 valence electrons. The van der Waals surface area contributed by atoms with Crippen molar-refractivity contribution in [3.63, 3.8) is 0 Å². The second kappa shape index (κ2) is 13.0. The minimum atomic E-state index is -0.0214. The number of benzene rings is 6. The lowest BCUT2D eigenvalue weighted by Gasteiger charge is -2.25. The number of para-hydroxylation sites is 4. The molecule has 0 amide bonds. The van der Waals surface area contributed by atoms with E-state index in [0.29, 0.717) is 6.67 Å². The van der Waals surface area contributed by atoms with Gasteiger partial charge < -0.3 is 23.7 Å². The number of hydrogen-bond acceptors (Lipinski definition) is 5. The Hall–Kier alpha value is -7.58. The van der Waals surface area contributed by atoms with E-state index in [2.05, 4.69) is 197 Å². The summed E-state index contributed by atoms with van der Waals surface area (Å²) in [5, 5.41) is 7.28. The van der Waals surface area contributed by atoms with Gasteiger partial charge in [-0.15, -0.1) is 0 Å². The lowest BCUT2D eigenvalue weighted by atomic mass is 9.88. The summed E-state index contributed by atoms with van der Waals surface area (Å²) in [5.41, 5.74) is 12.7. The van der Waals surface area contributed by atoms with Crippen LogP contribution in [0.5, 0.6) is 11.5 Å². The highest BCUT2D eigenvalue weighted by molar-refractivity contribution is 6.25. The molecule has 0 saturated carbocycles. The van der Waals surface area contributed by atoms with E-state index in [1.807, 2.05) is 24.7 Å². The van der Waals surface area contributed by atoms with Crippen molar-refractivity contribution in [3.05, 3.63) is 164 Å². The number of ether oxygens (including phenoxy) is 1. The number of aryl methyl sites for hydroxylation is 2. The number of pyridine rings is 2. The monoisotopic (exact) mass is 793 g/mol. The molecule has 0 unspecified atom stereocenters. The van der Waals surface area contributed by atoms with Crippen molar-refractivity contribution in [2.45, 2.75) is 26.2 Å². The molecule has 12 rings (SSSR count). The van der Waals surface area contributed by atoms with Gasteiger partial charge in [-0.05, 0) is 83.8 Å². The molecular weight excluding hydrogens is 751 g/mol. The van der Waals surface area contributed by atoms with Gasteiger partial charge in [-0.25, -0.2) is 4.98 Å². The molecule has 8 nitrogen and oxygen atoms in total. The molecule has 0 fully saturated rings. The van der Waals surface area contributed by atoms with Crippen LogP contribution in [-0.2, 0) is 19.5 Å². The minimum Gasteiger partial charge on any atom is -0.457 e. The molecule has 1 aliphatic rings. The van der Waals surface area contributed by atoms with Crippen LogP contribution in [-0.4, -0.2) is 30.3 Å². The molecule has 6 heterocycles. The van der Waals surface area contributed by atoms with Gasteiger partial charge in [0.15, 0.2) is 0 Å². The van der Waals surface area contributed by atoms with Crippen LogP contribution in [0.3, 0.4) is 0 Å². The zero-order chi connectivity index (χ0) is 41.1. The topological polar surface area (TPSA) is 56.3 Å². The first kappa shape index (κ1) is 35.4. The Morgan fingerprint density at radius 1 is 0.525 bits per heavy atom. The quantitative estimate of drug-likeness (QED) is 0.174. The molecule has 1 aliphatic heterocycles. The predicted molar refractivity (Wildman–Crippen MR) is 252 cm³/mol. The summed E-state index contributed by atoms with van der Waals surface area (Å²) in [4.78, 5) is 14.3. The van der Waals surface area contributed by atoms with E-state index in [1.54, 1.807) is 0 Å². The number of fused-ring (bicyclic) bond motifs is 10. The van der Waals surface area contributed by atoms with Gasteiger partial charge in [0, 0.05) is 87.7 Å². The van der Waals surface area contributed by atoms with Gasteiger partial charge in [-0.2, -0.15) is 0 Å². The van der Waals surface area contributed by atoms with Gasteiger partial charge in [-0.3, -0.25) is 9.55 Å². The maximum Gasteiger partial charge on any atom is 0.137 e. The van der Waals surface area contributed by atoms with Gasteiger partial charge in [0.25, 0.3) is 0 Å². The molecule has 11 aromatic rings. The van der Waals surface area contributed by atoms with Gasteiger partial charge in [0.1, 0.15) is 24.0 Å². The van der Waals surface area contributed by atoms with E-state index in [9.17, 15) is 0 Å². The third-order valence-corrected chi connectivity index (χ3v) is 12.8. The first-order chi connectivity index (χ1) is 29.7. The third-order valence-electron chi connectivity index (χ3n) is 12.8. The van der Waals surface area contributed by atoms with Gasteiger partial charge >= 0.3 is 0 Å². The largest absolute Gasteiger partial charge is 0.457 e. The molecule has 0 bridgehead atoms. The van der Waals surface area contributed by atoms with Crippen LogP contribution in [0.4, 0.5) is 22.7 Å². The van der Waals surface area contributed by atoms with Crippen LogP contribution < -0.4 is 14.5 Å². The maximum absolute atomic E-state index is 6.77. The van der Waals surface area contributed by atoms with Crippen LogP contribution in [0.15, 0.2) is 158 Å². The van der Waals surface area contributed by atoms with Crippen LogP contribution in [0, 0.1) is 0 Å². The highest BCUT2D eigenvalue weighted by atomic mass is 16.5. The molecule has 0 atom stereocenters. The van der Waals surface area contributed by atoms with Crippen LogP contribution >= 0.6 is 0 Å². The fourth-order valence-electron chi connectivity index (χ4n) is 9.86. The fraction of sp³-hybridized carbons (Fsp3) is 0.132. The molecule has 0 aliphatic carbocycles. The van der Waals surface area contributed by atoms with Crippen LogP contribution in [0.1, 0.15) is 26.3 Å². The van der Waals surface area contributed by atoms with Crippen molar-refractivity contribution in [1.29, 1.82) is 0 Å². The number of anilines is 4. The summed E-state index contributed by atoms with van der Waals surface area (Å²) in [6, 6.07) is 49.9. The smallest absolute Gasteiger partial charge is 0.137 e. The average Bonchev–Trinajstić information content (AvgIpc) is 4.00. The Morgan fingerprint density at radius 3 is 1.89 bits per heavy atom. The Balaban J connectivity index is 0.969. The van der Waals surface area contributed by atoms with Crippen molar-refractivity contribution in [2.24, 2.45) is 14.1 Å². The predicted octanol–water partition coefficient (Wildman–Crippen LogP) is 13.2. The standard InChI is InChI=1S/C53H43N7O/c1-53(2,3)33-23-26-55-49(27-33)60-47-29-36(21-22-39(47)40-24-25-54-31-48(40)60)61-35-14-12-13-34(28-35)58-32-59(46-20-11-10-19-45(46)58)52-50-41(37-15-6-8-17-43(37)56(50)4)30-42-38-16-7-9-18-44(38)57(5)51(42)52/h6-31H,32H2,1-5H3. The van der Waals surface area contributed by atoms with Crippen molar-refractivity contribution >= 4 is 88.2 Å². The van der Waals surface area contributed by atoms with Crippen molar-refractivity contribution in [2.75, 3.05) is 16.5 Å². The number of rotatable bonds is 5. The van der Waals surface area contributed by atoms with Gasteiger partial charge in [-0.1, -0.05) is 75.4 Å². The Labute approximate surface area is 353 Å². The van der Waals surface area contributed by atoms with Crippen LogP contribution in [0.2, 0.25) is 0 Å². The van der Waals surface area contributed by atoms with E-state index < -0.39 is 0 Å². The van der Waals surface area contributed by atoms with E-state index >= 15 is 0 Å². The summed E-state index contributed by atoms with van der Waals surface area (Å²) >= 11 is 0. The molecule has 5 aromatic heterocycles. The summed E-state index contributed by atoms with van der Waals surface area (Å²) < 4.78 is 13.7. The summed E-state index contributed by atoms with van der Waals surface area (Å²) in [5.74, 6) is 2.37. The number of aromatic nitrogens is 5. The summed E-state index contributed by atoms with van der Waals surface area (Å²) in [6.45, 7) is 7.31. The molecule has 6 aromatic carbocycles. The van der Waals surface area contributed by atoms with Gasteiger partial charge in [0.05, 0.1) is 45.3 Å². The van der Waals surface area contributed by atoms with E-state index in [0.717, 1.165) is 56.2 Å². The van der Waals surface area contributed by atoms with Crippen LogP contribution in [0.25, 0.3) is 71.2 Å². The summed E-state index contributed by atoms with van der Waals surface area (Å²) in [7, 11) is 4.41. The molecule has 0 radical (unpaired) electrons. The lowest BCUT2D eigenvalue weighted by Crippen LogP contribution is -2.25. The highest BCUT2D eigenvalue weighted by Crippen LogP contribution is 2.51. The van der Waals surface area contributed by atoms with Crippen molar-refractivity contribution in [3.8, 4) is 17.3 Å². The molecule has 0 N–H and O–H groups in total. The Morgan fingerprint density at radius 2 is 1.16 bits per heavy atom. The number of nitrogens with zero attached hydrogens (tertiary/aromatic N) is 7. The molecule has 8 heteroatoms. The minimum absolute atomic E-state index is 0.0214. The zero-order valence-corrected chi connectivity index (χ0v) is 34.8. The highest BCUT2D eigenvalue weighted by Gasteiger charge is 2.33. The number of hydrogen-bond donors (Lipinski definition) is 0. The Bertz CT molecular complexity index is 3490. The second-order valence-electron chi connectivity index (χ2n) is 17.3. The Kier molecular flexibility index (Phi) is 7.51. The first-order valence-corrected chi connectivity index (χ1v) is 20.9. The molecular formula is C53H43N7O. The van der Waals surface area contributed by atoms with E-state index in [4.69, 9.17) is 9.72 Å². The summed E-state index contributed by atoms with van der Waals surface area (Å²) in [6.07, 6.45) is 5.68. The normalized spacial score (nSPS) is 13.2.